The third-order valence-electron chi connectivity index (χ3n) is 1.48. The maximum Gasteiger partial charge on any atom is 0.573 e. The van der Waals surface area contributed by atoms with E-state index in [1.807, 2.05) is 0 Å². The lowest BCUT2D eigenvalue weighted by atomic mass is 10.2. The average Bonchev–Trinajstić information content (AvgIpc) is 1.99. The fourth-order valence-electron chi connectivity index (χ4n) is 0.937. The van der Waals surface area contributed by atoms with Crippen LogP contribution in [0.15, 0.2) is 10.7 Å². The average molecular weight is 286 g/mol. The lowest BCUT2D eigenvalue weighted by Crippen LogP contribution is -2.19. The van der Waals surface area contributed by atoms with Gasteiger partial charge >= 0.3 is 6.36 Å². The van der Waals surface area contributed by atoms with Crippen LogP contribution in [-0.2, 0) is 6.54 Å². The smallest absolute Gasteiger partial charge is 0.405 e. The second-order valence-corrected chi connectivity index (χ2v) is 3.32. The number of nitrogens with two attached hydrogens (primary N) is 2. The summed E-state index contributed by atoms with van der Waals surface area (Å²) in [5.41, 5.74) is 10.6. The fourth-order valence-corrected chi connectivity index (χ4v) is 1.50. The molecule has 1 aromatic heterocycles. The topological polar surface area (TPSA) is 74.2 Å². The number of nitrogens with zero attached hydrogens (tertiary/aromatic N) is 1. The van der Waals surface area contributed by atoms with Crippen LogP contribution >= 0.6 is 15.9 Å². The zero-order valence-electron chi connectivity index (χ0n) is 7.31. The van der Waals surface area contributed by atoms with Crippen molar-refractivity contribution >= 4 is 21.7 Å². The maximum atomic E-state index is 12.0. The van der Waals surface area contributed by atoms with E-state index in [2.05, 4.69) is 25.7 Å². The van der Waals surface area contributed by atoms with Gasteiger partial charge in [0.2, 0.25) is 0 Å². The summed E-state index contributed by atoms with van der Waals surface area (Å²) in [5.74, 6) is -0.525. The molecule has 0 aliphatic rings. The van der Waals surface area contributed by atoms with Crippen LogP contribution in [0.2, 0.25) is 0 Å². The van der Waals surface area contributed by atoms with Gasteiger partial charge in [0.25, 0.3) is 0 Å². The molecular formula is C7H7BrF3N3O. The molecule has 4 nitrogen and oxygen atoms in total. The number of hydrogen-bond acceptors (Lipinski definition) is 4. The largest absolute Gasteiger partial charge is 0.573 e. The number of aromatic nitrogens is 1. The first-order chi connectivity index (χ1) is 6.83. The summed E-state index contributed by atoms with van der Waals surface area (Å²) in [6.45, 7) is -0.140. The van der Waals surface area contributed by atoms with E-state index in [1.54, 1.807) is 0 Å². The monoisotopic (exact) mass is 285 g/mol. The minimum Gasteiger partial charge on any atom is -0.405 e. The highest BCUT2D eigenvalue weighted by molar-refractivity contribution is 9.10. The van der Waals surface area contributed by atoms with E-state index in [1.165, 1.54) is 0 Å². The molecule has 0 aliphatic carbocycles. The third kappa shape index (κ3) is 3.24. The lowest BCUT2D eigenvalue weighted by Gasteiger charge is -2.13. The van der Waals surface area contributed by atoms with Gasteiger partial charge in [0.05, 0.1) is 0 Å². The number of nitrogen functional groups attached to an aromatic ring is 1. The molecule has 0 aliphatic heterocycles. The van der Waals surface area contributed by atoms with Crippen molar-refractivity contribution in [3.05, 3.63) is 16.2 Å². The lowest BCUT2D eigenvalue weighted by molar-refractivity contribution is -0.274. The van der Waals surface area contributed by atoms with Crippen molar-refractivity contribution in [1.82, 2.24) is 4.98 Å². The molecule has 0 amide bonds. The van der Waals surface area contributed by atoms with E-state index >= 15 is 0 Å². The molecule has 0 saturated heterocycles. The Balaban J connectivity index is 3.15. The number of rotatable bonds is 2. The highest BCUT2D eigenvalue weighted by Crippen LogP contribution is 2.31. The summed E-state index contributed by atoms with van der Waals surface area (Å²) in [7, 11) is 0. The predicted octanol–water partition coefficient (Wildman–Crippen LogP) is 1.78. The highest BCUT2D eigenvalue weighted by Gasteiger charge is 2.32. The Kier molecular flexibility index (Phi) is 3.40. The summed E-state index contributed by atoms with van der Waals surface area (Å²) >= 11 is 2.95. The molecule has 0 radical (unpaired) electrons. The van der Waals surface area contributed by atoms with Crippen molar-refractivity contribution < 1.29 is 17.9 Å². The maximum absolute atomic E-state index is 12.0. The normalized spacial score (nSPS) is 11.5. The van der Waals surface area contributed by atoms with Crippen LogP contribution in [0.1, 0.15) is 5.56 Å². The summed E-state index contributed by atoms with van der Waals surface area (Å²) in [6, 6.07) is 0.973. The molecule has 4 N–H and O–H groups in total. The summed E-state index contributed by atoms with van der Waals surface area (Å²) in [5, 5.41) is 0. The van der Waals surface area contributed by atoms with E-state index in [0.717, 1.165) is 6.07 Å². The molecule has 15 heavy (non-hydrogen) atoms. The van der Waals surface area contributed by atoms with E-state index in [9.17, 15) is 13.2 Å². The first-order valence-electron chi connectivity index (χ1n) is 3.74. The molecule has 0 bridgehead atoms. The van der Waals surface area contributed by atoms with Crippen LogP contribution in [0.25, 0.3) is 0 Å². The van der Waals surface area contributed by atoms with E-state index < -0.39 is 12.1 Å². The molecule has 0 aromatic carbocycles. The van der Waals surface area contributed by atoms with Crippen LogP contribution in [0.3, 0.4) is 0 Å². The third-order valence-corrected chi connectivity index (χ3v) is 2.14. The van der Waals surface area contributed by atoms with Crippen molar-refractivity contribution in [1.29, 1.82) is 0 Å². The molecule has 0 fully saturated rings. The molecule has 0 saturated carbocycles. The molecule has 8 heteroatoms. The van der Waals surface area contributed by atoms with Gasteiger partial charge in [-0.15, -0.1) is 13.2 Å². The van der Waals surface area contributed by atoms with Crippen molar-refractivity contribution in [2.75, 3.05) is 5.73 Å². The van der Waals surface area contributed by atoms with Crippen LogP contribution in [0, 0.1) is 0 Å². The molecule has 1 rings (SSSR count). The Morgan fingerprint density at radius 1 is 1.47 bits per heavy atom. The van der Waals surface area contributed by atoms with Gasteiger partial charge in [-0.05, 0) is 15.9 Å². The Hall–Kier alpha value is -1.02. The van der Waals surface area contributed by atoms with Crippen molar-refractivity contribution in [3.8, 4) is 5.75 Å². The highest BCUT2D eigenvalue weighted by atomic mass is 79.9. The second-order valence-electron chi connectivity index (χ2n) is 2.57. The van der Waals surface area contributed by atoms with Gasteiger partial charge < -0.3 is 16.2 Å². The molecule has 84 valence electrons. The number of alkyl halides is 3. The number of halogens is 4. The number of hydrogen-bond donors (Lipinski definition) is 2. The number of anilines is 1. The Morgan fingerprint density at radius 2 is 2.07 bits per heavy atom. The number of pyridine rings is 1. The van der Waals surface area contributed by atoms with Gasteiger partial charge in [-0.25, -0.2) is 4.98 Å². The standard InChI is InChI=1S/C7H7BrF3N3O/c8-6-3(2-12)4(1-5(13)14-6)15-7(9,10)11/h1H,2,12H2,(H2,13,14). The summed E-state index contributed by atoms with van der Waals surface area (Å²) < 4.78 is 39.8. The molecule has 1 heterocycles. The van der Waals surface area contributed by atoms with Gasteiger partial charge in [0, 0.05) is 18.2 Å². The summed E-state index contributed by atoms with van der Waals surface area (Å²) in [4.78, 5) is 3.70. The van der Waals surface area contributed by atoms with Crippen molar-refractivity contribution in [3.63, 3.8) is 0 Å². The Labute approximate surface area is 91.5 Å². The summed E-state index contributed by atoms with van der Waals surface area (Å²) in [6.07, 6.45) is -4.78. The van der Waals surface area contributed by atoms with Gasteiger partial charge in [0.1, 0.15) is 16.2 Å². The molecular weight excluding hydrogens is 279 g/mol. The van der Waals surface area contributed by atoms with Crippen molar-refractivity contribution in [2.45, 2.75) is 12.9 Å². The fraction of sp³-hybridized carbons (Fsp3) is 0.286. The minimum absolute atomic E-state index is 0.0849. The SMILES string of the molecule is NCc1c(OC(F)(F)F)cc(N)nc1Br. The second kappa shape index (κ2) is 4.23. The van der Waals surface area contributed by atoms with E-state index in [0.29, 0.717) is 0 Å². The van der Waals surface area contributed by atoms with Crippen LogP contribution in [-0.4, -0.2) is 11.3 Å². The zero-order chi connectivity index (χ0) is 11.6. The molecule has 0 atom stereocenters. The molecule has 0 spiro atoms. The first kappa shape index (κ1) is 12.1. The quantitative estimate of drug-likeness (QED) is 0.813. The van der Waals surface area contributed by atoms with Gasteiger partial charge in [-0.3, -0.25) is 0 Å². The first-order valence-corrected chi connectivity index (χ1v) is 4.53. The molecule has 1 aromatic rings. The van der Waals surface area contributed by atoms with Crippen molar-refractivity contribution in [2.24, 2.45) is 5.73 Å². The van der Waals surface area contributed by atoms with E-state index in [4.69, 9.17) is 11.5 Å². The predicted molar refractivity (Wildman–Crippen MR) is 50.9 cm³/mol. The number of ether oxygens (including phenoxy) is 1. The van der Waals surface area contributed by atoms with Crippen LogP contribution in [0.5, 0.6) is 5.75 Å². The zero-order valence-corrected chi connectivity index (χ0v) is 8.89. The minimum atomic E-state index is -4.78. The van der Waals surface area contributed by atoms with Crippen LogP contribution < -0.4 is 16.2 Å². The van der Waals surface area contributed by atoms with Gasteiger partial charge in [0.15, 0.2) is 0 Å². The van der Waals surface area contributed by atoms with Gasteiger partial charge in [-0.2, -0.15) is 0 Å². The Morgan fingerprint density at radius 3 is 2.53 bits per heavy atom. The van der Waals surface area contributed by atoms with Gasteiger partial charge in [-0.1, -0.05) is 0 Å². The Bertz CT molecular complexity index is 369. The molecule has 0 unspecified atom stereocenters. The van der Waals surface area contributed by atoms with Crippen LogP contribution in [0.4, 0.5) is 19.0 Å². The van der Waals surface area contributed by atoms with E-state index in [-0.39, 0.29) is 22.5 Å².